The highest BCUT2D eigenvalue weighted by molar-refractivity contribution is 5.94. The van der Waals surface area contributed by atoms with Gasteiger partial charge in [0.2, 0.25) is 0 Å². The fourth-order valence-corrected chi connectivity index (χ4v) is 1.81. The first-order valence-electron chi connectivity index (χ1n) is 6.71. The molecule has 0 radical (unpaired) electrons. The molecule has 23 heavy (non-hydrogen) atoms. The molecular weight excluding hydrogens is 311 g/mol. The average molecular weight is 325 g/mol. The number of nitrogens with zero attached hydrogens (tertiary/aromatic N) is 2. The minimum absolute atomic E-state index is 0.106. The second-order valence-corrected chi connectivity index (χ2v) is 4.99. The Morgan fingerprint density at radius 3 is 2.30 bits per heavy atom. The number of nitrogens with one attached hydrogen (secondary N) is 1. The second kappa shape index (κ2) is 6.23. The molecule has 1 aromatic carbocycles. The molecule has 122 valence electrons. The first-order valence-corrected chi connectivity index (χ1v) is 6.71. The maximum absolute atomic E-state index is 12.4. The SMILES string of the molecule is C[C@H](NC(=O)c1ccc(-c2ccc(=O)n(C)n2)cc1)C(F)(F)F. The van der Waals surface area contributed by atoms with Crippen LogP contribution in [0.2, 0.25) is 0 Å². The lowest BCUT2D eigenvalue weighted by atomic mass is 10.1. The van der Waals surface area contributed by atoms with Crippen LogP contribution in [-0.2, 0) is 7.05 Å². The molecule has 0 aliphatic heterocycles. The molecule has 1 heterocycles. The number of amides is 1. The molecule has 1 amide bonds. The Labute approximate surface area is 129 Å². The van der Waals surface area contributed by atoms with Crippen LogP contribution in [0.5, 0.6) is 0 Å². The van der Waals surface area contributed by atoms with Gasteiger partial charge in [-0.2, -0.15) is 18.3 Å². The molecule has 0 spiro atoms. The number of hydrogen-bond donors (Lipinski definition) is 1. The minimum Gasteiger partial charge on any atom is -0.341 e. The van der Waals surface area contributed by atoms with E-state index in [1.54, 1.807) is 12.1 Å². The quantitative estimate of drug-likeness (QED) is 0.940. The first-order chi connectivity index (χ1) is 10.7. The topological polar surface area (TPSA) is 64.0 Å². The molecule has 0 unspecified atom stereocenters. The van der Waals surface area contributed by atoms with Gasteiger partial charge < -0.3 is 5.32 Å². The maximum Gasteiger partial charge on any atom is 0.408 e. The van der Waals surface area contributed by atoms with Crippen molar-refractivity contribution in [3.05, 3.63) is 52.3 Å². The van der Waals surface area contributed by atoms with Crippen molar-refractivity contribution in [3.63, 3.8) is 0 Å². The van der Waals surface area contributed by atoms with Crippen LogP contribution in [0.1, 0.15) is 17.3 Å². The number of benzene rings is 1. The highest BCUT2D eigenvalue weighted by atomic mass is 19.4. The summed E-state index contributed by atoms with van der Waals surface area (Å²) in [6.07, 6.45) is -4.49. The fourth-order valence-electron chi connectivity index (χ4n) is 1.81. The van der Waals surface area contributed by atoms with Crippen LogP contribution in [0, 0.1) is 0 Å². The number of carbonyl (C=O) groups excluding carboxylic acids is 1. The lowest BCUT2D eigenvalue weighted by Gasteiger charge is -2.17. The summed E-state index contributed by atoms with van der Waals surface area (Å²) >= 11 is 0. The van der Waals surface area contributed by atoms with E-state index in [4.69, 9.17) is 0 Å². The third-order valence-electron chi connectivity index (χ3n) is 3.24. The molecule has 0 saturated carbocycles. The van der Waals surface area contributed by atoms with E-state index in [0.717, 1.165) is 6.92 Å². The monoisotopic (exact) mass is 325 g/mol. The second-order valence-electron chi connectivity index (χ2n) is 4.99. The van der Waals surface area contributed by atoms with Crippen molar-refractivity contribution in [1.82, 2.24) is 15.1 Å². The number of aryl methyl sites for hydroxylation is 1. The van der Waals surface area contributed by atoms with Gasteiger partial charge in [0.1, 0.15) is 6.04 Å². The summed E-state index contributed by atoms with van der Waals surface area (Å²) < 4.78 is 38.5. The molecule has 2 rings (SSSR count). The fraction of sp³-hybridized carbons (Fsp3) is 0.267. The van der Waals surface area contributed by atoms with E-state index in [1.165, 1.54) is 36.0 Å². The third-order valence-corrected chi connectivity index (χ3v) is 3.24. The van der Waals surface area contributed by atoms with Crippen LogP contribution in [-0.4, -0.2) is 27.9 Å². The maximum atomic E-state index is 12.4. The number of rotatable bonds is 3. The van der Waals surface area contributed by atoms with Gasteiger partial charge in [0, 0.05) is 24.2 Å². The molecule has 1 aromatic heterocycles. The molecule has 5 nitrogen and oxygen atoms in total. The number of alkyl halides is 3. The number of hydrogen-bond acceptors (Lipinski definition) is 3. The summed E-state index contributed by atoms with van der Waals surface area (Å²) in [4.78, 5) is 23.1. The van der Waals surface area contributed by atoms with Crippen molar-refractivity contribution in [3.8, 4) is 11.3 Å². The molecule has 1 atom stereocenters. The molecule has 0 saturated heterocycles. The van der Waals surface area contributed by atoms with Gasteiger partial charge in [-0.25, -0.2) is 4.68 Å². The summed E-state index contributed by atoms with van der Waals surface area (Å²) in [6, 6.07) is 6.87. The Morgan fingerprint density at radius 1 is 1.17 bits per heavy atom. The lowest BCUT2D eigenvalue weighted by Crippen LogP contribution is -2.43. The molecule has 2 aromatic rings. The highest BCUT2D eigenvalue weighted by Crippen LogP contribution is 2.20. The van der Waals surface area contributed by atoms with Crippen molar-refractivity contribution >= 4 is 5.91 Å². The largest absolute Gasteiger partial charge is 0.408 e. The minimum atomic E-state index is -4.49. The van der Waals surface area contributed by atoms with Crippen LogP contribution in [0.25, 0.3) is 11.3 Å². The van der Waals surface area contributed by atoms with Crippen LogP contribution in [0.3, 0.4) is 0 Å². The Bertz CT molecular complexity index is 767. The summed E-state index contributed by atoms with van der Waals surface area (Å²) in [5, 5.41) is 5.94. The summed E-state index contributed by atoms with van der Waals surface area (Å²) in [5.74, 6) is -0.810. The molecule has 0 bridgehead atoms. The van der Waals surface area contributed by atoms with Crippen molar-refractivity contribution < 1.29 is 18.0 Å². The molecule has 1 N–H and O–H groups in total. The smallest absolute Gasteiger partial charge is 0.341 e. The Balaban J connectivity index is 2.17. The van der Waals surface area contributed by atoms with E-state index < -0.39 is 18.1 Å². The molecule has 0 aliphatic carbocycles. The standard InChI is InChI=1S/C15H14F3N3O2/c1-9(15(16,17)18)19-14(23)11-5-3-10(4-6-11)12-7-8-13(22)21(2)20-12/h3-9H,1-2H3,(H,19,23)/t9-/m0/s1. The predicted octanol–water partition coefficient (Wildman–Crippen LogP) is 2.13. The van der Waals surface area contributed by atoms with Crippen LogP contribution in [0.15, 0.2) is 41.2 Å². The van der Waals surface area contributed by atoms with Gasteiger partial charge in [-0.1, -0.05) is 12.1 Å². The highest BCUT2D eigenvalue weighted by Gasteiger charge is 2.37. The van der Waals surface area contributed by atoms with Gasteiger partial charge >= 0.3 is 6.18 Å². The van der Waals surface area contributed by atoms with Gasteiger partial charge in [-0.05, 0) is 25.1 Å². The van der Waals surface area contributed by atoms with Crippen LogP contribution < -0.4 is 10.9 Å². The van der Waals surface area contributed by atoms with Crippen LogP contribution in [0.4, 0.5) is 13.2 Å². The van der Waals surface area contributed by atoms with E-state index in [1.807, 2.05) is 5.32 Å². The summed E-state index contributed by atoms with van der Waals surface area (Å²) in [6.45, 7) is 0.876. The van der Waals surface area contributed by atoms with Gasteiger partial charge in [-0.3, -0.25) is 9.59 Å². The van der Waals surface area contributed by atoms with Gasteiger partial charge in [0.05, 0.1) is 5.69 Å². The predicted molar refractivity (Wildman–Crippen MR) is 77.9 cm³/mol. The van der Waals surface area contributed by atoms with Crippen molar-refractivity contribution in [2.75, 3.05) is 0 Å². The zero-order chi connectivity index (χ0) is 17.2. The van der Waals surface area contributed by atoms with Gasteiger partial charge in [0.25, 0.3) is 11.5 Å². The molecular formula is C15H14F3N3O2. The van der Waals surface area contributed by atoms with E-state index in [0.29, 0.717) is 11.3 Å². The van der Waals surface area contributed by atoms with Gasteiger partial charge in [-0.15, -0.1) is 0 Å². The Morgan fingerprint density at radius 2 is 1.78 bits per heavy atom. The van der Waals surface area contributed by atoms with E-state index in [9.17, 15) is 22.8 Å². The van der Waals surface area contributed by atoms with Crippen LogP contribution >= 0.6 is 0 Å². The Hall–Kier alpha value is -2.64. The zero-order valence-electron chi connectivity index (χ0n) is 12.4. The Kier molecular flexibility index (Phi) is 4.53. The summed E-state index contributed by atoms with van der Waals surface area (Å²) in [5.41, 5.74) is 1.00. The molecule has 0 fully saturated rings. The first kappa shape index (κ1) is 16.7. The number of aromatic nitrogens is 2. The summed E-state index contributed by atoms with van der Waals surface area (Å²) in [7, 11) is 1.51. The van der Waals surface area contributed by atoms with Gasteiger partial charge in [0.15, 0.2) is 0 Å². The van der Waals surface area contributed by atoms with E-state index >= 15 is 0 Å². The molecule has 8 heteroatoms. The van der Waals surface area contributed by atoms with Crippen molar-refractivity contribution in [1.29, 1.82) is 0 Å². The normalized spacial score (nSPS) is 12.7. The average Bonchev–Trinajstić information content (AvgIpc) is 2.49. The van der Waals surface area contributed by atoms with E-state index in [-0.39, 0.29) is 11.1 Å². The zero-order valence-corrected chi connectivity index (χ0v) is 12.4. The number of carbonyl (C=O) groups is 1. The number of halogens is 3. The van der Waals surface area contributed by atoms with Crippen molar-refractivity contribution in [2.24, 2.45) is 7.05 Å². The van der Waals surface area contributed by atoms with Crippen molar-refractivity contribution in [2.45, 2.75) is 19.1 Å². The lowest BCUT2D eigenvalue weighted by molar-refractivity contribution is -0.149. The molecule has 0 aliphatic rings. The van der Waals surface area contributed by atoms with E-state index in [2.05, 4.69) is 5.10 Å². The third kappa shape index (κ3) is 3.97.